The minimum Gasteiger partial charge on any atom is -0.496 e. The highest BCUT2D eigenvalue weighted by Gasteiger charge is 2.43. The predicted molar refractivity (Wildman–Crippen MR) is 127 cm³/mol. The lowest BCUT2D eigenvalue weighted by Crippen LogP contribution is -2.48. The summed E-state index contributed by atoms with van der Waals surface area (Å²) in [5, 5.41) is 17.3. The Kier molecular flexibility index (Phi) is 8.00. The van der Waals surface area contributed by atoms with E-state index in [0.717, 1.165) is 11.3 Å². The topological polar surface area (TPSA) is 105 Å². The first kappa shape index (κ1) is 25.3. The molecular weight excluding hydrogens is 434 g/mol. The molecule has 2 heterocycles. The third kappa shape index (κ3) is 5.42. The first-order valence-electron chi connectivity index (χ1n) is 11.5. The number of amides is 2. The molecule has 1 aromatic carbocycles. The minimum atomic E-state index is -0.785. The van der Waals surface area contributed by atoms with Gasteiger partial charge in [-0.2, -0.15) is 0 Å². The van der Waals surface area contributed by atoms with Crippen LogP contribution in [-0.4, -0.2) is 52.8 Å². The lowest BCUT2D eigenvalue weighted by atomic mass is 9.90. The molecule has 0 saturated carbocycles. The van der Waals surface area contributed by atoms with Crippen LogP contribution in [-0.2, 0) is 16.1 Å². The summed E-state index contributed by atoms with van der Waals surface area (Å²) in [6.45, 7) is 8.14. The molecule has 0 radical (unpaired) electrons. The highest BCUT2D eigenvalue weighted by molar-refractivity contribution is 5.91. The van der Waals surface area contributed by atoms with E-state index in [9.17, 15) is 14.7 Å². The van der Waals surface area contributed by atoms with Gasteiger partial charge in [0.05, 0.1) is 18.9 Å². The van der Waals surface area contributed by atoms with Gasteiger partial charge in [0.1, 0.15) is 23.5 Å². The Bertz CT molecular complexity index is 1070. The minimum absolute atomic E-state index is 0.0825. The molecule has 0 bridgehead atoms. The zero-order valence-corrected chi connectivity index (χ0v) is 20.4. The van der Waals surface area contributed by atoms with Crippen LogP contribution in [0.4, 0.5) is 0 Å². The van der Waals surface area contributed by atoms with Crippen LogP contribution in [0, 0.1) is 18.3 Å². The SMILES string of the molecule is C#Cc1ccc(CNC(=O)[C@@H]2C[C@@H](O)CN2C(=O)C(c2cc(C(C)C)no2)C(C)C)c(OC)c1. The second kappa shape index (κ2) is 10.7. The zero-order chi connectivity index (χ0) is 25.0. The molecule has 8 heteroatoms. The van der Waals surface area contributed by atoms with Gasteiger partial charge in [-0.15, -0.1) is 6.42 Å². The van der Waals surface area contributed by atoms with Crippen molar-refractivity contribution in [3.8, 4) is 18.1 Å². The van der Waals surface area contributed by atoms with Crippen molar-refractivity contribution in [2.45, 2.75) is 64.6 Å². The predicted octanol–water partition coefficient (Wildman–Crippen LogP) is 2.81. The van der Waals surface area contributed by atoms with E-state index in [1.54, 1.807) is 24.3 Å². The summed E-state index contributed by atoms with van der Waals surface area (Å²) < 4.78 is 10.9. The maximum atomic E-state index is 13.6. The number of rotatable bonds is 8. The number of ether oxygens (including phenoxy) is 1. The third-order valence-electron chi connectivity index (χ3n) is 6.15. The lowest BCUT2D eigenvalue weighted by Gasteiger charge is -2.28. The number of carbonyl (C=O) groups excluding carboxylic acids is 2. The van der Waals surface area contributed by atoms with Gasteiger partial charge >= 0.3 is 0 Å². The normalized spacial score (nSPS) is 18.7. The number of benzene rings is 1. The van der Waals surface area contributed by atoms with Crippen molar-refractivity contribution in [3.05, 3.63) is 46.8 Å². The average Bonchev–Trinajstić information content (AvgIpc) is 3.44. The molecule has 1 fully saturated rings. The van der Waals surface area contributed by atoms with Gasteiger partial charge in [-0.3, -0.25) is 9.59 Å². The summed E-state index contributed by atoms with van der Waals surface area (Å²) in [5.41, 5.74) is 2.21. The Morgan fingerprint density at radius 2 is 2.06 bits per heavy atom. The molecule has 182 valence electrons. The van der Waals surface area contributed by atoms with E-state index >= 15 is 0 Å². The van der Waals surface area contributed by atoms with E-state index in [2.05, 4.69) is 16.4 Å². The van der Waals surface area contributed by atoms with Crippen molar-refractivity contribution in [1.29, 1.82) is 0 Å². The van der Waals surface area contributed by atoms with Crippen LogP contribution in [0.15, 0.2) is 28.8 Å². The highest BCUT2D eigenvalue weighted by Crippen LogP contribution is 2.32. The van der Waals surface area contributed by atoms with E-state index in [4.69, 9.17) is 15.7 Å². The van der Waals surface area contributed by atoms with Crippen LogP contribution in [0.2, 0.25) is 0 Å². The van der Waals surface area contributed by atoms with Crippen molar-refractivity contribution in [1.82, 2.24) is 15.4 Å². The number of nitrogens with zero attached hydrogens (tertiary/aromatic N) is 2. The fraction of sp³-hybridized carbons (Fsp3) is 0.500. The van der Waals surface area contributed by atoms with Gasteiger partial charge in [-0.25, -0.2) is 0 Å². The first-order chi connectivity index (χ1) is 16.2. The van der Waals surface area contributed by atoms with Gasteiger partial charge in [-0.1, -0.05) is 44.8 Å². The molecule has 2 N–H and O–H groups in total. The van der Waals surface area contributed by atoms with Crippen molar-refractivity contribution in [2.24, 2.45) is 5.92 Å². The molecular formula is C26H33N3O5. The molecule has 1 aromatic heterocycles. The van der Waals surface area contributed by atoms with Crippen molar-refractivity contribution in [2.75, 3.05) is 13.7 Å². The van der Waals surface area contributed by atoms with E-state index in [1.807, 2.05) is 27.7 Å². The number of β-amino-alcohol motifs (C(OH)–C–C–N with tert-alkyl or cyclic N) is 1. The smallest absolute Gasteiger partial charge is 0.243 e. The van der Waals surface area contributed by atoms with Gasteiger partial charge < -0.3 is 24.6 Å². The average molecular weight is 468 g/mol. The molecule has 0 spiro atoms. The van der Waals surface area contributed by atoms with Crippen LogP contribution in [0.3, 0.4) is 0 Å². The summed E-state index contributed by atoms with van der Waals surface area (Å²) in [7, 11) is 1.54. The Labute approximate surface area is 200 Å². The lowest BCUT2D eigenvalue weighted by molar-refractivity contribution is -0.141. The molecule has 1 saturated heterocycles. The molecule has 2 aromatic rings. The molecule has 1 aliphatic rings. The molecule has 34 heavy (non-hydrogen) atoms. The van der Waals surface area contributed by atoms with E-state index in [-0.39, 0.29) is 43.2 Å². The number of methoxy groups -OCH3 is 1. The largest absolute Gasteiger partial charge is 0.496 e. The Balaban J connectivity index is 1.77. The molecule has 3 rings (SSSR count). The highest BCUT2D eigenvalue weighted by atomic mass is 16.5. The van der Waals surface area contributed by atoms with Crippen LogP contribution >= 0.6 is 0 Å². The number of likely N-dealkylation sites (tertiary alicyclic amines) is 1. The summed E-state index contributed by atoms with van der Waals surface area (Å²) in [4.78, 5) is 28.1. The van der Waals surface area contributed by atoms with E-state index < -0.39 is 18.1 Å². The van der Waals surface area contributed by atoms with E-state index in [1.165, 1.54) is 12.0 Å². The van der Waals surface area contributed by atoms with Crippen molar-refractivity contribution < 1.29 is 24.0 Å². The van der Waals surface area contributed by atoms with E-state index in [0.29, 0.717) is 17.1 Å². The number of nitrogens with one attached hydrogen (secondary N) is 1. The maximum absolute atomic E-state index is 13.6. The summed E-state index contributed by atoms with van der Waals surface area (Å²) in [6.07, 6.45) is 4.83. The second-order valence-corrected chi connectivity index (χ2v) is 9.32. The molecule has 8 nitrogen and oxygen atoms in total. The fourth-order valence-electron chi connectivity index (χ4n) is 4.22. The summed E-state index contributed by atoms with van der Waals surface area (Å²) in [6, 6.07) is 6.32. The first-order valence-corrected chi connectivity index (χ1v) is 11.5. The fourth-order valence-corrected chi connectivity index (χ4v) is 4.22. The Hall–Kier alpha value is -3.31. The molecule has 2 amide bonds. The van der Waals surface area contributed by atoms with Crippen LogP contribution < -0.4 is 10.1 Å². The summed E-state index contributed by atoms with van der Waals surface area (Å²) in [5.74, 6) is 2.49. The van der Waals surface area contributed by atoms with Crippen LogP contribution in [0.1, 0.15) is 68.5 Å². The van der Waals surface area contributed by atoms with Gasteiger partial charge in [0, 0.05) is 36.7 Å². The third-order valence-corrected chi connectivity index (χ3v) is 6.15. The van der Waals surface area contributed by atoms with Gasteiger partial charge in [-0.05, 0) is 24.0 Å². The molecule has 1 aliphatic heterocycles. The number of hydrogen-bond acceptors (Lipinski definition) is 6. The number of aromatic nitrogens is 1. The van der Waals surface area contributed by atoms with Gasteiger partial charge in [0.2, 0.25) is 11.8 Å². The standard InChI is InChI=1S/C26H33N3O5/c1-7-17-8-9-18(22(10-17)33-6)13-27-25(31)21-11-19(30)14-29(21)26(32)24(16(4)5)23-12-20(15(2)3)28-34-23/h1,8-10,12,15-16,19,21,24,30H,11,13-14H2,2-6H3,(H,27,31)/t19-,21+,24?/m1/s1. The number of aliphatic hydroxyl groups excluding tert-OH is 1. The maximum Gasteiger partial charge on any atom is 0.243 e. The zero-order valence-electron chi connectivity index (χ0n) is 20.4. The number of hydrogen-bond donors (Lipinski definition) is 2. The molecule has 0 aliphatic carbocycles. The van der Waals surface area contributed by atoms with Crippen molar-refractivity contribution in [3.63, 3.8) is 0 Å². The second-order valence-electron chi connectivity index (χ2n) is 9.32. The monoisotopic (exact) mass is 467 g/mol. The molecule has 3 atom stereocenters. The van der Waals surface area contributed by atoms with Crippen molar-refractivity contribution >= 4 is 11.8 Å². The van der Waals surface area contributed by atoms with Gasteiger partial charge in [0.15, 0.2) is 0 Å². The summed E-state index contributed by atoms with van der Waals surface area (Å²) >= 11 is 0. The number of aliphatic hydroxyl groups is 1. The quantitative estimate of drug-likeness (QED) is 0.579. The Morgan fingerprint density at radius 3 is 2.65 bits per heavy atom. The molecule has 1 unspecified atom stereocenters. The van der Waals surface area contributed by atoms with Crippen LogP contribution in [0.25, 0.3) is 0 Å². The number of carbonyl (C=O) groups is 2. The van der Waals surface area contributed by atoms with Crippen LogP contribution in [0.5, 0.6) is 5.75 Å². The van der Waals surface area contributed by atoms with Gasteiger partial charge in [0.25, 0.3) is 0 Å². The number of terminal acetylenes is 1. The Morgan fingerprint density at radius 1 is 1.32 bits per heavy atom.